The topological polar surface area (TPSA) is 80.9 Å². The smallest absolute Gasteiger partial charge is 0.277 e. The summed E-state index contributed by atoms with van der Waals surface area (Å²) in [4.78, 5) is 16.2. The van der Waals surface area contributed by atoms with Crippen molar-refractivity contribution >= 4 is 35.0 Å². The fourth-order valence-electron chi connectivity index (χ4n) is 1.87. The summed E-state index contributed by atoms with van der Waals surface area (Å²) in [5, 5.41) is 10.8. The summed E-state index contributed by atoms with van der Waals surface area (Å²) in [6.07, 6.45) is 1.56. The van der Waals surface area contributed by atoms with Gasteiger partial charge in [-0.05, 0) is 31.2 Å². The number of nitrogens with one attached hydrogen (secondary N) is 1. The van der Waals surface area contributed by atoms with Gasteiger partial charge >= 0.3 is 0 Å². The first-order valence-corrected chi connectivity index (χ1v) is 8.36. The van der Waals surface area contributed by atoms with E-state index in [4.69, 9.17) is 16.0 Å². The molecule has 2 heterocycles. The fourth-order valence-corrected chi connectivity index (χ4v) is 2.72. The molecular formula is C16H13ClN4O2S. The molecule has 2 aromatic heterocycles. The first kappa shape index (κ1) is 16.5. The number of hydrogen-bond donors (Lipinski definition) is 1. The molecule has 0 unspecified atom stereocenters. The van der Waals surface area contributed by atoms with Gasteiger partial charge in [-0.15, -0.1) is 10.2 Å². The molecule has 0 spiro atoms. The second kappa shape index (κ2) is 7.46. The molecule has 6 nitrogen and oxygen atoms in total. The summed E-state index contributed by atoms with van der Waals surface area (Å²) in [7, 11) is 0. The molecule has 3 aromatic rings. The van der Waals surface area contributed by atoms with Crippen LogP contribution in [0.2, 0.25) is 5.15 Å². The molecule has 1 N–H and O–H groups in total. The zero-order valence-electron chi connectivity index (χ0n) is 12.6. The number of rotatable bonds is 5. The third kappa shape index (κ3) is 3.93. The largest absolute Gasteiger partial charge is 0.411 e. The lowest BCUT2D eigenvalue weighted by Crippen LogP contribution is -2.22. The van der Waals surface area contributed by atoms with Crippen LogP contribution in [-0.2, 0) is 4.79 Å². The number of pyridine rings is 1. The first-order chi connectivity index (χ1) is 11.6. The fraction of sp³-hybridized carbons (Fsp3) is 0.125. The summed E-state index contributed by atoms with van der Waals surface area (Å²) in [5.41, 5.74) is 1.29. The Morgan fingerprint density at radius 2 is 2.00 bits per heavy atom. The number of thioether (sulfide) groups is 1. The summed E-state index contributed by atoms with van der Waals surface area (Å²) in [6.45, 7) is 1.75. The quantitative estimate of drug-likeness (QED) is 0.549. The van der Waals surface area contributed by atoms with Crippen LogP contribution >= 0.6 is 23.4 Å². The van der Waals surface area contributed by atoms with E-state index < -0.39 is 5.25 Å². The average molecular weight is 361 g/mol. The Hall–Kier alpha value is -2.38. The Balaban J connectivity index is 1.65. The van der Waals surface area contributed by atoms with Crippen LogP contribution in [0.25, 0.3) is 11.5 Å². The standard InChI is InChI=1S/C16H13ClN4O2S/c1-10(14(22)19-12-8-5-9-18-13(12)17)24-16-21-20-15(23-16)11-6-3-2-4-7-11/h2-10H,1H3,(H,19,22)/t10-/m0/s1. The van der Waals surface area contributed by atoms with Crippen LogP contribution in [0.4, 0.5) is 5.69 Å². The van der Waals surface area contributed by atoms with Gasteiger partial charge < -0.3 is 9.73 Å². The van der Waals surface area contributed by atoms with Crippen molar-refractivity contribution in [2.24, 2.45) is 0 Å². The molecule has 0 fully saturated rings. The van der Waals surface area contributed by atoms with E-state index >= 15 is 0 Å². The van der Waals surface area contributed by atoms with Crippen LogP contribution < -0.4 is 5.32 Å². The number of benzene rings is 1. The van der Waals surface area contributed by atoms with E-state index in [2.05, 4.69) is 20.5 Å². The molecule has 8 heteroatoms. The van der Waals surface area contributed by atoms with Crippen LogP contribution in [0.5, 0.6) is 0 Å². The number of hydrogen-bond acceptors (Lipinski definition) is 6. The normalized spacial score (nSPS) is 11.9. The minimum Gasteiger partial charge on any atom is -0.411 e. The zero-order valence-corrected chi connectivity index (χ0v) is 14.2. The maximum Gasteiger partial charge on any atom is 0.277 e. The second-order valence-electron chi connectivity index (χ2n) is 4.83. The van der Waals surface area contributed by atoms with Gasteiger partial charge in [-0.2, -0.15) is 0 Å². The average Bonchev–Trinajstić information content (AvgIpc) is 3.06. The predicted octanol–water partition coefficient (Wildman–Crippen LogP) is 3.90. The lowest BCUT2D eigenvalue weighted by Gasteiger charge is -2.10. The predicted molar refractivity (Wildman–Crippen MR) is 92.9 cm³/mol. The van der Waals surface area contributed by atoms with E-state index in [0.717, 1.165) is 5.56 Å². The van der Waals surface area contributed by atoms with Crippen molar-refractivity contribution in [3.05, 3.63) is 53.8 Å². The summed E-state index contributed by atoms with van der Waals surface area (Å²) in [6, 6.07) is 12.8. The Labute approximate surface area is 147 Å². The van der Waals surface area contributed by atoms with Gasteiger partial charge in [0.2, 0.25) is 11.8 Å². The molecule has 1 aromatic carbocycles. The van der Waals surface area contributed by atoms with Crippen LogP contribution in [0.1, 0.15) is 6.92 Å². The Kier molecular flexibility index (Phi) is 5.12. The van der Waals surface area contributed by atoms with Crippen molar-refractivity contribution in [1.82, 2.24) is 15.2 Å². The molecule has 0 aliphatic carbocycles. The van der Waals surface area contributed by atoms with Crippen LogP contribution in [-0.4, -0.2) is 26.3 Å². The molecule has 122 valence electrons. The summed E-state index contributed by atoms with van der Waals surface area (Å²) >= 11 is 7.11. The van der Waals surface area contributed by atoms with E-state index in [1.165, 1.54) is 11.8 Å². The van der Waals surface area contributed by atoms with Gasteiger partial charge in [0.05, 0.1) is 10.9 Å². The van der Waals surface area contributed by atoms with Crippen LogP contribution in [0.15, 0.2) is 58.3 Å². The van der Waals surface area contributed by atoms with Crippen molar-refractivity contribution < 1.29 is 9.21 Å². The Bertz CT molecular complexity index is 841. The highest BCUT2D eigenvalue weighted by atomic mass is 35.5. The van der Waals surface area contributed by atoms with Gasteiger partial charge in [-0.1, -0.05) is 41.6 Å². The van der Waals surface area contributed by atoms with E-state index in [1.54, 1.807) is 25.3 Å². The number of nitrogens with zero attached hydrogens (tertiary/aromatic N) is 3. The molecule has 0 saturated heterocycles. The molecule has 0 radical (unpaired) electrons. The van der Waals surface area contributed by atoms with Gasteiger partial charge in [-0.3, -0.25) is 4.79 Å². The van der Waals surface area contributed by atoms with Crippen LogP contribution in [0.3, 0.4) is 0 Å². The molecular weight excluding hydrogens is 348 g/mol. The molecule has 0 aliphatic heterocycles. The molecule has 0 aliphatic rings. The maximum absolute atomic E-state index is 12.2. The van der Waals surface area contributed by atoms with E-state index in [0.29, 0.717) is 16.8 Å². The van der Waals surface area contributed by atoms with Gasteiger partial charge in [-0.25, -0.2) is 4.98 Å². The monoisotopic (exact) mass is 360 g/mol. The summed E-state index contributed by atoms with van der Waals surface area (Å²) in [5.74, 6) is 0.190. The highest BCUT2D eigenvalue weighted by Gasteiger charge is 2.19. The molecule has 1 atom stereocenters. The highest BCUT2D eigenvalue weighted by molar-refractivity contribution is 8.00. The van der Waals surface area contributed by atoms with E-state index in [1.807, 2.05) is 30.3 Å². The highest BCUT2D eigenvalue weighted by Crippen LogP contribution is 2.27. The molecule has 0 saturated carbocycles. The van der Waals surface area contributed by atoms with Gasteiger partial charge in [0.15, 0.2) is 5.15 Å². The van der Waals surface area contributed by atoms with E-state index in [-0.39, 0.29) is 11.1 Å². The number of aromatic nitrogens is 3. The van der Waals surface area contributed by atoms with Crippen molar-refractivity contribution in [3.8, 4) is 11.5 Å². The van der Waals surface area contributed by atoms with Crippen LogP contribution in [0, 0.1) is 0 Å². The first-order valence-electron chi connectivity index (χ1n) is 7.10. The number of anilines is 1. The maximum atomic E-state index is 12.2. The number of halogens is 1. The van der Waals surface area contributed by atoms with Gasteiger partial charge in [0, 0.05) is 11.8 Å². The minimum absolute atomic E-state index is 0.227. The zero-order chi connectivity index (χ0) is 16.9. The molecule has 24 heavy (non-hydrogen) atoms. The third-order valence-electron chi connectivity index (χ3n) is 3.09. The van der Waals surface area contributed by atoms with Gasteiger partial charge in [0.1, 0.15) is 0 Å². The Morgan fingerprint density at radius 3 is 2.75 bits per heavy atom. The van der Waals surface area contributed by atoms with Crippen molar-refractivity contribution in [2.75, 3.05) is 5.32 Å². The summed E-state index contributed by atoms with van der Waals surface area (Å²) < 4.78 is 5.59. The molecule has 3 rings (SSSR count). The third-order valence-corrected chi connectivity index (χ3v) is 4.33. The number of carbonyl (C=O) groups is 1. The van der Waals surface area contributed by atoms with Crippen molar-refractivity contribution in [1.29, 1.82) is 0 Å². The lowest BCUT2D eigenvalue weighted by atomic mass is 10.2. The van der Waals surface area contributed by atoms with Crippen molar-refractivity contribution in [3.63, 3.8) is 0 Å². The number of amides is 1. The second-order valence-corrected chi connectivity index (χ2v) is 6.48. The molecule has 0 bridgehead atoms. The lowest BCUT2D eigenvalue weighted by molar-refractivity contribution is -0.115. The van der Waals surface area contributed by atoms with Crippen molar-refractivity contribution in [2.45, 2.75) is 17.4 Å². The minimum atomic E-state index is -0.439. The van der Waals surface area contributed by atoms with E-state index in [9.17, 15) is 4.79 Å². The SMILES string of the molecule is C[C@H](Sc1nnc(-c2ccccc2)o1)C(=O)Nc1cccnc1Cl. The number of carbonyl (C=O) groups excluding carboxylic acids is 1. The van der Waals surface area contributed by atoms with Gasteiger partial charge in [0.25, 0.3) is 5.22 Å². The Morgan fingerprint density at radius 1 is 1.21 bits per heavy atom. The molecule has 1 amide bonds.